The van der Waals surface area contributed by atoms with Crippen molar-refractivity contribution in [2.45, 2.75) is 18.4 Å². The molecule has 0 bridgehead atoms. The molecular formula is C23H24ClN3O3S. The summed E-state index contributed by atoms with van der Waals surface area (Å²) in [5.74, 6) is 0.234. The van der Waals surface area contributed by atoms with Crippen molar-refractivity contribution < 1.29 is 14.3 Å². The van der Waals surface area contributed by atoms with Gasteiger partial charge in [0.25, 0.3) is 0 Å². The maximum atomic E-state index is 12.7. The van der Waals surface area contributed by atoms with Gasteiger partial charge < -0.3 is 19.5 Å². The molecule has 0 unspecified atom stereocenters. The Bertz CT molecular complexity index is 1110. The second kappa shape index (κ2) is 9.77. The van der Waals surface area contributed by atoms with Crippen molar-refractivity contribution in [3.8, 4) is 0 Å². The van der Waals surface area contributed by atoms with Crippen LogP contribution in [0.5, 0.6) is 0 Å². The molecule has 1 fully saturated rings. The van der Waals surface area contributed by atoms with Gasteiger partial charge in [0.2, 0.25) is 11.8 Å². The Kier molecular flexibility index (Phi) is 6.85. The van der Waals surface area contributed by atoms with Crippen LogP contribution in [0.1, 0.15) is 5.56 Å². The minimum Gasteiger partial charge on any atom is -0.378 e. The number of nitrogens with zero attached hydrogens (tertiary/aromatic N) is 2. The lowest BCUT2D eigenvalue weighted by Gasteiger charge is -2.27. The van der Waals surface area contributed by atoms with Crippen molar-refractivity contribution in [1.29, 1.82) is 0 Å². The number of rotatable bonds is 6. The largest absolute Gasteiger partial charge is 0.378 e. The molecule has 6 nitrogen and oxygen atoms in total. The van der Waals surface area contributed by atoms with E-state index in [1.165, 1.54) is 11.8 Å². The fraction of sp³-hybridized carbons (Fsp3) is 0.304. The molecule has 1 aliphatic heterocycles. The van der Waals surface area contributed by atoms with E-state index < -0.39 is 0 Å². The van der Waals surface area contributed by atoms with Crippen LogP contribution in [0.2, 0.25) is 5.02 Å². The second-order valence-corrected chi connectivity index (χ2v) is 8.86. The quantitative estimate of drug-likeness (QED) is 0.564. The Morgan fingerprint density at radius 2 is 1.94 bits per heavy atom. The van der Waals surface area contributed by atoms with E-state index in [0.717, 1.165) is 21.4 Å². The van der Waals surface area contributed by atoms with Gasteiger partial charge in [-0.2, -0.15) is 0 Å². The van der Waals surface area contributed by atoms with Gasteiger partial charge in [-0.15, -0.1) is 11.8 Å². The first-order chi connectivity index (χ1) is 15.0. The summed E-state index contributed by atoms with van der Waals surface area (Å²) in [5, 5.41) is 4.55. The molecule has 3 aromatic rings. The number of anilines is 1. The summed E-state index contributed by atoms with van der Waals surface area (Å²) in [4.78, 5) is 28.0. The molecule has 31 heavy (non-hydrogen) atoms. The average molecular weight is 458 g/mol. The summed E-state index contributed by atoms with van der Waals surface area (Å²) in [6, 6.07) is 13.4. The maximum Gasteiger partial charge on any atom is 0.242 e. The topological polar surface area (TPSA) is 63.6 Å². The molecule has 2 heterocycles. The number of halogens is 1. The van der Waals surface area contributed by atoms with Gasteiger partial charge in [0.05, 0.1) is 19.0 Å². The number of benzene rings is 2. The molecule has 1 saturated heterocycles. The number of hydrogen-bond donors (Lipinski definition) is 1. The molecule has 0 radical (unpaired) electrons. The highest BCUT2D eigenvalue weighted by Crippen LogP contribution is 2.30. The van der Waals surface area contributed by atoms with Gasteiger partial charge in [-0.3, -0.25) is 9.59 Å². The Morgan fingerprint density at radius 3 is 2.71 bits per heavy atom. The van der Waals surface area contributed by atoms with E-state index in [1.54, 1.807) is 6.07 Å². The van der Waals surface area contributed by atoms with Crippen LogP contribution in [-0.2, 0) is 20.9 Å². The van der Waals surface area contributed by atoms with Crippen molar-refractivity contribution in [3.05, 3.63) is 59.2 Å². The predicted molar refractivity (Wildman–Crippen MR) is 125 cm³/mol. The number of morpholine rings is 1. The van der Waals surface area contributed by atoms with Gasteiger partial charge in [-0.05, 0) is 30.7 Å². The minimum atomic E-state index is -0.105. The molecule has 0 atom stereocenters. The van der Waals surface area contributed by atoms with Gasteiger partial charge in [0.15, 0.2) is 0 Å². The second-order valence-electron chi connectivity index (χ2n) is 7.43. The standard InChI is InChI=1S/C23H24ClN3O3S/c1-16-6-7-17(12-19(16)24)25-22(28)15-31-21-13-27(20-5-3-2-4-18(20)21)14-23(29)26-8-10-30-11-9-26/h2-7,12-13H,8-11,14-15H2,1H3,(H,25,28). The van der Waals surface area contributed by atoms with Crippen LogP contribution in [0.4, 0.5) is 5.69 Å². The van der Waals surface area contributed by atoms with Crippen molar-refractivity contribution in [3.63, 3.8) is 0 Å². The average Bonchev–Trinajstić information content (AvgIpc) is 3.13. The number of fused-ring (bicyclic) bond motifs is 1. The van der Waals surface area contributed by atoms with Crippen LogP contribution in [0.15, 0.2) is 53.6 Å². The first kappa shape index (κ1) is 21.7. The van der Waals surface area contributed by atoms with Crippen molar-refractivity contribution in [2.24, 2.45) is 0 Å². The highest BCUT2D eigenvalue weighted by Gasteiger charge is 2.19. The van der Waals surface area contributed by atoms with Crippen LogP contribution in [0, 0.1) is 6.92 Å². The van der Waals surface area contributed by atoms with Crippen LogP contribution < -0.4 is 5.32 Å². The highest BCUT2D eigenvalue weighted by atomic mass is 35.5. The molecule has 1 aliphatic rings. The smallest absolute Gasteiger partial charge is 0.242 e. The molecule has 8 heteroatoms. The summed E-state index contributed by atoms with van der Waals surface area (Å²) in [6.07, 6.45) is 1.96. The number of amides is 2. The fourth-order valence-corrected chi connectivity index (χ4v) is 4.60. The molecule has 2 aromatic carbocycles. The summed E-state index contributed by atoms with van der Waals surface area (Å²) in [6.45, 7) is 4.62. The zero-order valence-electron chi connectivity index (χ0n) is 17.3. The highest BCUT2D eigenvalue weighted by molar-refractivity contribution is 8.00. The molecular weight excluding hydrogens is 434 g/mol. The number of para-hydroxylation sites is 1. The fourth-order valence-electron chi connectivity index (χ4n) is 3.53. The first-order valence-corrected chi connectivity index (χ1v) is 11.5. The van der Waals surface area contributed by atoms with Crippen LogP contribution in [-0.4, -0.2) is 53.3 Å². The molecule has 0 saturated carbocycles. The monoisotopic (exact) mass is 457 g/mol. The lowest BCUT2D eigenvalue weighted by Crippen LogP contribution is -2.42. The number of carbonyl (C=O) groups is 2. The number of ether oxygens (including phenoxy) is 1. The summed E-state index contributed by atoms with van der Waals surface area (Å²) < 4.78 is 7.30. The Balaban J connectivity index is 1.44. The summed E-state index contributed by atoms with van der Waals surface area (Å²) in [7, 11) is 0. The summed E-state index contributed by atoms with van der Waals surface area (Å²) >= 11 is 7.60. The lowest BCUT2D eigenvalue weighted by molar-refractivity contribution is -0.135. The van der Waals surface area contributed by atoms with Crippen LogP contribution >= 0.6 is 23.4 Å². The van der Waals surface area contributed by atoms with E-state index >= 15 is 0 Å². The zero-order valence-corrected chi connectivity index (χ0v) is 18.8. The van der Waals surface area contributed by atoms with E-state index in [4.69, 9.17) is 16.3 Å². The number of aryl methyl sites for hydroxylation is 1. The molecule has 0 spiro atoms. The molecule has 2 amide bonds. The van der Waals surface area contributed by atoms with Gasteiger partial charge in [-0.1, -0.05) is 35.9 Å². The SMILES string of the molecule is Cc1ccc(NC(=O)CSc2cn(CC(=O)N3CCOCC3)c3ccccc23)cc1Cl. The molecule has 1 aromatic heterocycles. The summed E-state index contributed by atoms with van der Waals surface area (Å²) in [5.41, 5.74) is 2.63. The van der Waals surface area contributed by atoms with Crippen molar-refractivity contribution in [2.75, 3.05) is 37.4 Å². The Hall–Kier alpha value is -2.48. The van der Waals surface area contributed by atoms with Gasteiger partial charge >= 0.3 is 0 Å². The third-order valence-corrected chi connectivity index (χ3v) is 6.69. The van der Waals surface area contributed by atoms with E-state index in [-0.39, 0.29) is 24.1 Å². The van der Waals surface area contributed by atoms with Crippen LogP contribution in [0.25, 0.3) is 10.9 Å². The molecule has 1 N–H and O–H groups in total. The van der Waals surface area contributed by atoms with Gasteiger partial charge in [-0.25, -0.2) is 0 Å². The van der Waals surface area contributed by atoms with E-state index in [1.807, 2.05) is 59.0 Å². The Labute approximate surface area is 190 Å². The number of thioether (sulfide) groups is 1. The maximum absolute atomic E-state index is 12.7. The van der Waals surface area contributed by atoms with Crippen molar-refractivity contribution >= 4 is 51.8 Å². The third-order valence-electron chi connectivity index (χ3n) is 5.24. The predicted octanol–water partition coefficient (Wildman–Crippen LogP) is 4.19. The minimum absolute atomic E-state index is 0.0783. The zero-order chi connectivity index (χ0) is 21.8. The molecule has 162 valence electrons. The number of hydrogen-bond acceptors (Lipinski definition) is 4. The molecule has 0 aliphatic carbocycles. The number of carbonyl (C=O) groups excluding carboxylic acids is 2. The van der Waals surface area contributed by atoms with Crippen LogP contribution in [0.3, 0.4) is 0 Å². The number of aromatic nitrogens is 1. The van der Waals surface area contributed by atoms with E-state index in [0.29, 0.717) is 37.0 Å². The third kappa shape index (κ3) is 5.23. The normalized spacial score (nSPS) is 14.1. The van der Waals surface area contributed by atoms with E-state index in [9.17, 15) is 9.59 Å². The van der Waals surface area contributed by atoms with Gasteiger partial charge in [0, 0.05) is 45.8 Å². The number of nitrogens with one attached hydrogen (secondary N) is 1. The Morgan fingerprint density at radius 1 is 1.16 bits per heavy atom. The molecule has 4 rings (SSSR count). The lowest BCUT2D eigenvalue weighted by atomic mass is 10.2. The first-order valence-electron chi connectivity index (χ1n) is 10.1. The van der Waals surface area contributed by atoms with E-state index in [2.05, 4.69) is 5.32 Å². The van der Waals surface area contributed by atoms with Gasteiger partial charge in [0.1, 0.15) is 6.54 Å². The van der Waals surface area contributed by atoms with Crippen molar-refractivity contribution in [1.82, 2.24) is 9.47 Å².